The van der Waals surface area contributed by atoms with Crippen LogP contribution in [0.2, 0.25) is 0 Å². The first-order chi connectivity index (χ1) is 12.0. The molecule has 0 bridgehead atoms. The van der Waals surface area contributed by atoms with E-state index in [1.54, 1.807) is 24.3 Å². The first kappa shape index (κ1) is 17.2. The van der Waals surface area contributed by atoms with E-state index in [-0.39, 0.29) is 4.90 Å². The molecule has 0 N–H and O–H groups in total. The van der Waals surface area contributed by atoms with Gasteiger partial charge in [0.2, 0.25) is 0 Å². The van der Waals surface area contributed by atoms with Gasteiger partial charge in [-0.1, -0.05) is 0 Å². The lowest BCUT2D eigenvalue weighted by atomic mass is 10.3. The van der Waals surface area contributed by atoms with E-state index in [4.69, 9.17) is 18.9 Å². The summed E-state index contributed by atoms with van der Waals surface area (Å²) in [5.41, 5.74) is 0.451. The fourth-order valence-electron chi connectivity index (χ4n) is 2.50. The average Bonchev–Trinajstić information content (AvgIpc) is 2.66. The normalized spacial score (nSPS) is 13.2. The smallest absolute Gasteiger partial charge is 0.264 e. The van der Waals surface area contributed by atoms with Gasteiger partial charge in [0.25, 0.3) is 10.0 Å². The number of anilines is 1. The summed E-state index contributed by atoms with van der Waals surface area (Å²) >= 11 is 0. The highest BCUT2D eigenvalue weighted by Gasteiger charge is 2.25. The van der Waals surface area contributed by atoms with Crippen LogP contribution in [0.15, 0.2) is 41.3 Å². The summed E-state index contributed by atoms with van der Waals surface area (Å²) < 4.78 is 48.4. The first-order valence-electron chi connectivity index (χ1n) is 7.58. The summed E-state index contributed by atoms with van der Waals surface area (Å²) in [7, 11) is 0.729. The second-order valence-corrected chi connectivity index (χ2v) is 7.29. The van der Waals surface area contributed by atoms with Crippen molar-refractivity contribution < 1.29 is 27.4 Å². The Bertz CT molecular complexity index is 881. The number of ether oxygens (including phenoxy) is 4. The Balaban J connectivity index is 1.97. The van der Waals surface area contributed by atoms with Crippen LogP contribution in [0.5, 0.6) is 23.0 Å². The molecular weight excluding hydrogens is 346 g/mol. The molecule has 0 saturated heterocycles. The molecule has 8 heteroatoms. The average molecular weight is 365 g/mol. The number of methoxy groups -OCH3 is 2. The fourth-order valence-corrected chi connectivity index (χ4v) is 3.71. The van der Waals surface area contributed by atoms with Crippen molar-refractivity contribution in [2.75, 3.05) is 38.8 Å². The molecule has 3 rings (SSSR count). The molecule has 0 spiro atoms. The van der Waals surface area contributed by atoms with Crippen LogP contribution in [0.25, 0.3) is 0 Å². The second kappa shape index (κ2) is 6.72. The molecule has 0 atom stereocenters. The number of nitrogens with zero attached hydrogens (tertiary/aromatic N) is 1. The van der Waals surface area contributed by atoms with Crippen molar-refractivity contribution in [3.8, 4) is 23.0 Å². The van der Waals surface area contributed by atoms with Gasteiger partial charge >= 0.3 is 0 Å². The summed E-state index contributed by atoms with van der Waals surface area (Å²) in [6.07, 6.45) is 0. The van der Waals surface area contributed by atoms with Gasteiger partial charge in [-0.05, 0) is 24.3 Å². The number of benzene rings is 2. The van der Waals surface area contributed by atoms with Crippen molar-refractivity contribution in [1.82, 2.24) is 0 Å². The number of hydrogen-bond donors (Lipinski definition) is 0. The predicted octanol–water partition coefficient (Wildman–Crippen LogP) is 2.30. The van der Waals surface area contributed by atoms with Gasteiger partial charge in [0.1, 0.15) is 13.2 Å². The molecule has 0 fully saturated rings. The van der Waals surface area contributed by atoms with Crippen LogP contribution in [0.3, 0.4) is 0 Å². The third kappa shape index (κ3) is 3.17. The van der Waals surface area contributed by atoms with Crippen molar-refractivity contribution in [1.29, 1.82) is 0 Å². The van der Waals surface area contributed by atoms with Crippen LogP contribution in [-0.4, -0.2) is 42.9 Å². The molecule has 0 radical (unpaired) electrons. The van der Waals surface area contributed by atoms with Crippen molar-refractivity contribution in [2.45, 2.75) is 4.90 Å². The van der Waals surface area contributed by atoms with Crippen LogP contribution in [0.1, 0.15) is 0 Å². The van der Waals surface area contributed by atoms with Gasteiger partial charge < -0.3 is 18.9 Å². The molecule has 134 valence electrons. The number of hydrogen-bond acceptors (Lipinski definition) is 6. The minimum Gasteiger partial charge on any atom is -0.493 e. The first-order valence-corrected chi connectivity index (χ1v) is 9.02. The Morgan fingerprint density at radius 3 is 2.28 bits per heavy atom. The highest BCUT2D eigenvalue weighted by molar-refractivity contribution is 7.92. The van der Waals surface area contributed by atoms with E-state index in [0.717, 1.165) is 0 Å². The Hall–Kier alpha value is -2.61. The lowest BCUT2D eigenvalue weighted by molar-refractivity contribution is 0.171. The van der Waals surface area contributed by atoms with Crippen molar-refractivity contribution >= 4 is 15.7 Å². The number of fused-ring (bicyclic) bond motifs is 1. The molecule has 0 saturated carbocycles. The molecule has 1 heterocycles. The maximum Gasteiger partial charge on any atom is 0.264 e. The van der Waals surface area contributed by atoms with Gasteiger partial charge in [-0.25, -0.2) is 8.42 Å². The maximum atomic E-state index is 12.9. The van der Waals surface area contributed by atoms with Crippen LogP contribution in [0.4, 0.5) is 5.69 Å². The van der Waals surface area contributed by atoms with Crippen LogP contribution >= 0.6 is 0 Å². The summed E-state index contributed by atoms with van der Waals surface area (Å²) in [6.45, 7) is 0.840. The molecule has 2 aromatic carbocycles. The highest BCUT2D eigenvalue weighted by atomic mass is 32.2. The Labute approximate surface area is 146 Å². The van der Waals surface area contributed by atoms with Gasteiger partial charge in [0.05, 0.1) is 24.8 Å². The second-order valence-electron chi connectivity index (χ2n) is 5.32. The molecule has 0 aliphatic carbocycles. The van der Waals surface area contributed by atoms with E-state index >= 15 is 0 Å². The van der Waals surface area contributed by atoms with E-state index in [1.165, 1.54) is 37.7 Å². The zero-order valence-electron chi connectivity index (χ0n) is 14.2. The predicted molar refractivity (Wildman–Crippen MR) is 92.6 cm³/mol. The number of sulfonamides is 1. The Kier molecular flexibility index (Phi) is 4.63. The van der Waals surface area contributed by atoms with E-state index in [9.17, 15) is 8.42 Å². The van der Waals surface area contributed by atoms with E-state index in [0.29, 0.717) is 41.9 Å². The van der Waals surface area contributed by atoms with E-state index < -0.39 is 10.0 Å². The third-order valence-electron chi connectivity index (χ3n) is 3.90. The number of rotatable bonds is 5. The Morgan fingerprint density at radius 1 is 0.920 bits per heavy atom. The van der Waals surface area contributed by atoms with Gasteiger partial charge in [0.15, 0.2) is 23.0 Å². The SMILES string of the molecule is COc1ccc(N(C)S(=O)(=O)c2ccc3c(c2)OCCO3)cc1OC. The largest absolute Gasteiger partial charge is 0.493 e. The molecule has 2 aromatic rings. The molecule has 0 unspecified atom stereocenters. The quantitative estimate of drug-likeness (QED) is 0.809. The Morgan fingerprint density at radius 2 is 1.60 bits per heavy atom. The molecule has 7 nitrogen and oxygen atoms in total. The summed E-state index contributed by atoms with van der Waals surface area (Å²) in [6, 6.07) is 9.49. The topological polar surface area (TPSA) is 74.3 Å². The molecular formula is C17H19NO6S. The molecule has 1 aliphatic rings. The van der Waals surface area contributed by atoms with Crippen LogP contribution in [0, 0.1) is 0 Å². The fraction of sp³-hybridized carbons (Fsp3) is 0.294. The molecule has 0 amide bonds. The summed E-state index contributed by atoms with van der Waals surface area (Å²) in [4.78, 5) is 0.119. The van der Waals surface area contributed by atoms with Gasteiger partial charge in [-0.3, -0.25) is 4.31 Å². The lowest BCUT2D eigenvalue weighted by Crippen LogP contribution is -2.27. The van der Waals surface area contributed by atoms with Crippen molar-refractivity contribution in [2.24, 2.45) is 0 Å². The van der Waals surface area contributed by atoms with Crippen molar-refractivity contribution in [3.63, 3.8) is 0 Å². The van der Waals surface area contributed by atoms with E-state index in [1.807, 2.05) is 0 Å². The van der Waals surface area contributed by atoms with Crippen LogP contribution < -0.4 is 23.3 Å². The third-order valence-corrected chi connectivity index (χ3v) is 5.68. The standard InChI is InChI=1S/C17H19NO6S/c1-18(12-4-6-14(21-2)16(10-12)22-3)25(19,20)13-5-7-15-17(11-13)24-9-8-23-15/h4-7,10-11H,8-9H2,1-3H3. The summed E-state index contributed by atoms with van der Waals surface area (Å²) in [5, 5.41) is 0. The zero-order chi connectivity index (χ0) is 18.0. The minimum atomic E-state index is -3.77. The maximum absolute atomic E-state index is 12.9. The van der Waals surface area contributed by atoms with Gasteiger partial charge in [-0.15, -0.1) is 0 Å². The van der Waals surface area contributed by atoms with Crippen molar-refractivity contribution in [3.05, 3.63) is 36.4 Å². The van der Waals surface area contributed by atoms with Crippen LogP contribution in [-0.2, 0) is 10.0 Å². The van der Waals surface area contributed by atoms with Gasteiger partial charge in [-0.2, -0.15) is 0 Å². The minimum absolute atomic E-state index is 0.119. The zero-order valence-corrected chi connectivity index (χ0v) is 15.0. The molecule has 0 aromatic heterocycles. The summed E-state index contributed by atoms with van der Waals surface area (Å²) in [5.74, 6) is 1.94. The van der Waals surface area contributed by atoms with E-state index in [2.05, 4.69) is 0 Å². The highest BCUT2D eigenvalue weighted by Crippen LogP contribution is 2.36. The molecule has 25 heavy (non-hydrogen) atoms. The monoisotopic (exact) mass is 365 g/mol. The van der Waals surface area contributed by atoms with Gasteiger partial charge in [0, 0.05) is 19.2 Å². The molecule has 1 aliphatic heterocycles. The lowest BCUT2D eigenvalue weighted by Gasteiger charge is -2.23.